The van der Waals surface area contributed by atoms with Crippen molar-refractivity contribution in [3.05, 3.63) is 65.5 Å². The van der Waals surface area contributed by atoms with Crippen molar-refractivity contribution >= 4 is 21.9 Å². The van der Waals surface area contributed by atoms with Crippen LogP contribution in [0.25, 0.3) is 0 Å². The minimum absolute atomic E-state index is 0.0356. The topological polar surface area (TPSA) is 92.8 Å². The van der Waals surface area contributed by atoms with E-state index in [1.807, 2.05) is 24.3 Å². The molecule has 7 rings (SSSR count). The number of ether oxygens (including phenoxy) is 1. The second-order valence-electron chi connectivity index (χ2n) is 11.6. The Hall–Kier alpha value is -2.78. The van der Waals surface area contributed by atoms with Gasteiger partial charge in [-0.25, -0.2) is 12.8 Å². The minimum atomic E-state index is -4.00. The Labute approximate surface area is 222 Å². The summed E-state index contributed by atoms with van der Waals surface area (Å²) < 4.78 is 47.1. The Morgan fingerprint density at radius 3 is 2.26 bits per heavy atom. The van der Waals surface area contributed by atoms with Crippen LogP contribution in [0, 0.1) is 23.6 Å². The summed E-state index contributed by atoms with van der Waals surface area (Å²) in [5.41, 5.74) is 1.54. The van der Waals surface area contributed by atoms with Crippen LogP contribution >= 0.6 is 0 Å². The van der Waals surface area contributed by atoms with Gasteiger partial charge >= 0.3 is 5.97 Å². The van der Waals surface area contributed by atoms with E-state index < -0.39 is 27.9 Å². The molecule has 4 fully saturated rings. The van der Waals surface area contributed by atoms with Crippen molar-refractivity contribution in [2.24, 2.45) is 17.8 Å². The fourth-order valence-electron chi connectivity index (χ4n) is 7.83. The Balaban J connectivity index is 1.14. The monoisotopic (exact) mass is 540 g/mol. The molecule has 38 heavy (non-hydrogen) atoms. The molecule has 1 N–H and O–H groups in total. The number of nitrogens with one attached hydrogen (secondary N) is 1. The van der Waals surface area contributed by atoms with Crippen molar-refractivity contribution in [3.63, 3.8) is 0 Å². The van der Waals surface area contributed by atoms with Gasteiger partial charge < -0.3 is 10.1 Å². The molecule has 1 amide bonds. The van der Waals surface area contributed by atoms with Crippen molar-refractivity contribution in [3.8, 4) is 0 Å². The number of sulfonamides is 1. The van der Waals surface area contributed by atoms with Gasteiger partial charge in [-0.15, -0.1) is 0 Å². The fraction of sp³-hybridized carbons (Fsp3) is 0.517. The summed E-state index contributed by atoms with van der Waals surface area (Å²) in [4.78, 5) is 25.8. The predicted octanol–water partition coefficient (Wildman–Crippen LogP) is 4.13. The molecule has 4 bridgehead atoms. The summed E-state index contributed by atoms with van der Waals surface area (Å²) in [5.74, 6) is 0.602. The van der Waals surface area contributed by atoms with Crippen LogP contribution in [0.4, 0.5) is 4.39 Å². The average molecular weight is 541 g/mol. The Bertz CT molecular complexity index is 1310. The molecule has 0 aromatic heterocycles. The van der Waals surface area contributed by atoms with Crippen molar-refractivity contribution in [2.75, 3.05) is 13.2 Å². The molecule has 2 aromatic rings. The third-order valence-corrected chi connectivity index (χ3v) is 10.9. The van der Waals surface area contributed by atoms with Crippen molar-refractivity contribution < 1.29 is 27.1 Å². The van der Waals surface area contributed by atoms with Crippen molar-refractivity contribution in [1.29, 1.82) is 0 Å². The first-order valence-electron chi connectivity index (χ1n) is 13.5. The van der Waals surface area contributed by atoms with Gasteiger partial charge in [0.2, 0.25) is 10.0 Å². The summed E-state index contributed by atoms with van der Waals surface area (Å²) in [6, 6.07) is 11.3. The lowest BCUT2D eigenvalue weighted by molar-refractivity contribution is -0.151. The molecule has 7 nitrogen and oxygen atoms in total. The summed E-state index contributed by atoms with van der Waals surface area (Å²) in [5, 5.41) is 3.21. The number of hydrogen-bond acceptors (Lipinski definition) is 5. The van der Waals surface area contributed by atoms with Crippen LogP contribution in [-0.2, 0) is 30.8 Å². The minimum Gasteiger partial charge on any atom is -0.456 e. The van der Waals surface area contributed by atoms with Gasteiger partial charge in [0.25, 0.3) is 5.91 Å². The molecule has 1 unspecified atom stereocenters. The molecule has 4 saturated carbocycles. The fourth-order valence-corrected chi connectivity index (χ4v) is 9.43. The number of amides is 1. The average Bonchev–Trinajstić information content (AvgIpc) is 2.87. The third-order valence-electron chi connectivity index (χ3n) is 8.95. The zero-order valence-electron chi connectivity index (χ0n) is 21.3. The summed E-state index contributed by atoms with van der Waals surface area (Å²) in [7, 11) is -4.00. The Morgan fingerprint density at radius 1 is 0.974 bits per heavy atom. The largest absolute Gasteiger partial charge is 0.456 e. The number of benzene rings is 2. The molecule has 1 heterocycles. The summed E-state index contributed by atoms with van der Waals surface area (Å²) in [6.45, 7) is -0.194. The van der Waals surface area contributed by atoms with Crippen molar-refractivity contribution in [1.82, 2.24) is 9.62 Å². The van der Waals surface area contributed by atoms with Gasteiger partial charge in [0, 0.05) is 12.1 Å². The number of hydrogen-bond donors (Lipinski definition) is 1. The molecule has 5 aliphatic rings. The molecule has 0 spiro atoms. The van der Waals surface area contributed by atoms with E-state index in [4.69, 9.17) is 4.74 Å². The van der Waals surface area contributed by atoms with Gasteiger partial charge in [-0.3, -0.25) is 9.59 Å². The zero-order valence-corrected chi connectivity index (χ0v) is 22.1. The molecule has 9 heteroatoms. The highest BCUT2D eigenvalue weighted by atomic mass is 32.2. The molecule has 1 aliphatic heterocycles. The number of carbonyl (C=O) groups excluding carboxylic acids is 2. The van der Waals surface area contributed by atoms with Crippen LogP contribution in [-0.4, -0.2) is 43.3 Å². The Morgan fingerprint density at radius 2 is 1.61 bits per heavy atom. The van der Waals surface area contributed by atoms with Gasteiger partial charge in [-0.2, -0.15) is 4.31 Å². The van der Waals surface area contributed by atoms with Crippen LogP contribution < -0.4 is 5.32 Å². The van der Waals surface area contributed by atoms with E-state index >= 15 is 0 Å². The lowest BCUT2D eigenvalue weighted by Crippen LogP contribution is -2.60. The van der Waals surface area contributed by atoms with Gasteiger partial charge in [0.15, 0.2) is 6.61 Å². The number of halogens is 1. The summed E-state index contributed by atoms with van der Waals surface area (Å²) in [6.07, 6.45) is 7.10. The predicted molar refractivity (Wildman–Crippen MR) is 138 cm³/mol. The van der Waals surface area contributed by atoms with E-state index in [1.165, 1.54) is 35.7 Å². The van der Waals surface area contributed by atoms with Crippen LogP contribution in [0.1, 0.15) is 62.1 Å². The second kappa shape index (κ2) is 9.75. The number of fused-ring (bicyclic) bond motifs is 1. The maximum Gasteiger partial charge on any atom is 0.308 e. The second-order valence-corrected chi connectivity index (χ2v) is 13.5. The van der Waals surface area contributed by atoms with Gasteiger partial charge in [0.1, 0.15) is 5.82 Å². The molecule has 0 saturated heterocycles. The number of rotatable bonds is 7. The third kappa shape index (κ3) is 4.86. The van der Waals surface area contributed by atoms with Crippen LogP contribution in [0.2, 0.25) is 0 Å². The Kier molecular flexibility index (Phi) is 6.54. The maximum atomic E-state index is 13.5. The highest BCUT2D eigenvalue weighted by molar-refractivity contribution is 7.89. The lowest BCUT2D eigenvalue weighted by atomic mass is 9.53. The first-order chi connectivity index (χ1) is 18.2. The van der Waals surface area contributed by atoms with E-state index in [0.29, 0.717) is 24.2 Å². The van der Waals surface area contributed by atoms with Gasteiger partial charge in [-0.1, -0.05) is 24.3 Å². The van der Waals surface area contributed by atoms with E-state index in [0.717, 1.165) is 42.5 Å². The normalized spacial score (nSPS) is 30.0. The molecular weight excluding hydrogens is 507 g/mol. The molecule has 2 aromatic carbocycles. The first kappa shape index (κ1) is 25.5. The molecular formula is C29H33FN2O5S. The molecule has 0 radical (unpaired) electrons. The number of esters is 1. The lowest BCUT2D eigenvalue weighted by Gasteiger charge is -2.56. The van der Waals surface area contributed by atoms with Crippen LogP contribution in [0.15, 0.2) is 53.4 Å². The van der Waals surface area contributed by atoms with Crippen LogP contribution in [0.3, 0.4) is 0 Å². The highest BCUT2D eigenvalue weighted by Crippen LogP contribution is 2.55. The molecule has 202 valence electrons. The van der Waals surface area contributed by atoms with E-state index in [9.17, 15) is 22.4 Å². The number of carbonyl (C=O) groups is 2. The zero-order chi connectivity index (χ0) is 26.5. The SMILES string of the molecule is O=C(COC(=O)CC1c2ccccc2CCN1S(=O)(=O)c1ccc(F)cc1)NC12CC3CC(CC(C3)C1)C2. The first-order valence-corrected chi connectivity index (χ1v) is 15.0. The number of nitrogens with zero attached hydrogens (tertiary/aromatic N) is 1. The van der Waals surface area contributed by atoms with Crippen LogP contribution in [0.5, 0.6) is 0 Å². The van der Waals surface area contributed by atoms with E-state index in [-0.39, 0.29) is 35.9 Å². The standard InChI is InChI=1S/C29H33FN2O5S/c30-23-5-7-24(8-6-23)38(35,36)32-10-9-22-3-1-2-4-25(22)26(32)14-28(34)37-18-27(33)31-29-15-19-11-20(16-29)13-21(12-19)17-29/h1-8,19-21,26H,9-18H2,(H,31,33). The van der Waals surface area contributed by atoms with E-state index in [2.05, 4.69) is 5.32 Å². The van der Waals surface area contributed by atoms with Gasteiger partial charge in [-0.05, 0) is 98.1 Å². The molecule has 4 aliphatic carbocycles. The quantitative estimate of drug-likeness (QED) is 0.533. The maximum absolute atomic E-state index is 13.5. The summed E-state index contributed by atoms with van der Waals surface area (Å²) >= 11 is 0. The van der Waals surface area contributed by atoms with Crippen molar-refractivity contribution in [2.45, 2.75) is 67.8 Å². The van der Waals surface area contributed by atoms with E-state index in [1.54, 1.807) is 0 Å². The molecule has 1 atom stereocenters. The smallest absolute Gasteiger partial charge is 0.308 e. The van der Waals surface area contributed by atoms with Gasteiger partial charge in [0.05, 0.1) is 17.4 Å². The highest BCUT2D eigenvalue weighted by Gasteiger charge is 2.51.